The number of fused-ring (bicyclic) bond motifs is 3. The van der Waals surface area contributed by atoms with Gasteiger partial charge in [-0.25, -0.2) is 0 Å². The van der Waals surface area contributed by atoms with Crippen LogP contribution in [0.5, 0.6) is 0 Å². The quantitative estimate of drug-likeness (QED) is 0.277. The molecule has 1 atom stereocenters. The molecule has 5 rings (SSSR count). The van der Waals surface area contributed by atoms with Gasteiger partial charge in [-0.3, -0.25) is 0 Å². The first kappa shape index (κ1) is 17.9. The highest BCUT2D eigenvalue weighted by Crippen LogP contribution is 2.39. The van der Waals surface area contributed by atoms with Crippen molar-refractivity contribution in [3.05, 3.63) is 96.1 Å². The molecule has 0 heterocycles. The van der Waals surface area contributed by atoms with Gasteiger partial charge in [0, 0.05) is 0 Å². The highest BCUT2D eigenvalue weighted by Gasteiger charge is 2.13. The lowest BCUT2D eigenvalue weighted by molar-refractivity contribution is 0.735. The molecule has 0 N–H and O–H groups in total. The molecule has 0 saturated carbocycles. The fourth-order valence-corrected chi connectivity index (χ4v) is 4.62. The van der Waals surface area contributed by atoms with E-state index in [4.69, 9.17) is 0 Å². The Morgan fingerprint density at radius 1 is 0.655 bits per heavy atom. The van der Waals surface area contributed by atoms with Gasteiger partial charge < -0.3 is 0 Å². The van der Waals surface area contributed by atoms with E-state index in [1.807, 2.05) is 0 Å². The predicted molar refractivity (Wildman–Crippen MR) is 128 cm³/mol. The second-order valence-electron chi connectivity index (χ2n) is 8.22. The van der Waals surface area contributed by atoms with Crippen LogP contribution in [0.25, 0.3) is 43.4 Å². The van der Waals surface area contributed by atoms with Gasteiger partial charge in [0.05, 0.1) is 0 Å². The molecule has 0 nitrogen and oxygen atoms in total. The molecule has 0 aliphatic rings. The van der Waals surface area contributed by atoms with Gasteiger partial charge in [0.2, 0.25) is 0 Å². The van der Waals surface area contributed by atoms with Crippen molar-refractivity contribution in [1.29, 1.82) is 0 Å². The monoisotopic (exact) mass is 374 g/mol. The molecule has 1 unspecified atom stereocenters. The Kier molecular flexibility index (Phi) is 4.36. The van der Waals surface area contributed by atoms with Gasteiger partial charge in [-0.05, 0) is 79.9 Å². The molecule has 5 aromatic rings. The third kappa shape index (κ3) is 2.91. The van der Waals surface area contributed by atoms with E-state index in [9.17, 15) is 0 Å². The van der Waals surface area contributed by atoms with Crippen LogP contribution in [0.15, 0.2) is 84.9 Å². The summed E-state index contributed by atoms with van der Waals surface area (Å²) in [6, 6.07) is 31.5. The Balaban J connectivity index is 1.80. The van der Waals surface area contributed by atoms with Gasteiger partial charge >= 0.3 is 0 Å². The lowest BCUT2D eigenvalue weighted by Gasteiger charge is -2.16. The van der Waals surface area contributed by atoms with Gasteiger partial charge in [-0.1, -0.05) is 92.7 Å². The molecule has 0 amide bonds. The van der Waals surface area contributed by atoms with E-state index in [0.29, 0.717) is 5.92 Å². The fourth-order valence-electron chi connectivity index (χ4n) is 4.62. The molecule has 0 spiro atoms. The van der Waals surface area contributed by atoms with E-state index in [-0.39, 0.29) is 0 Å². The third-order valence-corrected chi connectivity index (χ3v) is 6.54. The van der Waals surface area contributed by atoms with Crippen LogP contribution >= 0.6 is 0 Å². The summed E-state index contributed by atoms with van der Waals surface area (Å²) in [6.07, 6.45) is 1.17. The number of aryl methyl sites for hydroxylation is 1. The summed E-state index contributed by atoms with van der Waals surface area (Å²) < 4.78 is 0. The number of benzene rings is 5. The maximum atomic E-state index is 2.36. The maximum absolute atomic E-state index is 2.36. The number of rotatable bonds is 3. The zero-order valence-corrected chi connectivity index (χ0v) is 17.4. The molecule has 29 heavy (non-hydrogen) atoms. The lowest BCUT2D eigenvalue weighted by Crippen LogP contribution is -1.92. The van der Waals surface area contributed by atoms with E-state index >= 15 is 0 Å². The Morgan fingerprint density at radius 3 is 1.83 bits per heavy atom. The van der Waals surface area contributed by atoms with Crippen molar-refractivity contribution in [2.24, 2.45) is 0 Å². The minimum Gasteiger partial charge on any atom is -0.0648 e. The molecule has 0 aliphatic heterocycles. The van der Waals surface area contributed by atoms with E-state index in [1.165, 1.54) is 61.0 Å². The molecule has 5 aromatic carbocycles. The smallest absolute Gasteiger partial charge is 0.00264 e. The van der Waals surface area contributed by atoms with Crippen molar-refractivity contribution in [1.82, 2.24) is 0 Å². The molecule has 0 bridgehead atoms. The minimum atomic E-state index is 0.601. The Bertz CT molecular complexity index is 1300. The van der Waals surface area contributed by atoms with Crippen molar-refractivity contribution in [3.63, 3.8) is 0 Å². The first-order valence-electron chi connectivity index (χ1n) is 10.6. The highest BCUT2D eigenvalue weighted by atomic mass is 14.2. The normalized spacial score (nSPS) is 12.7. The van der Waals surface area contributed by atoms with Crippen LogP contribution in [-0.2, 0) is 0 Å². The Hall–Kier alpha value is -3.12. The van der Waals surface area contributed by atoms with Crippen LogP contribution in [-0.4, -0.2) is 0 Å². The fraction of sp³-hybridized carbons (Fsp3) is 0.172. The van der Waals surface area contributed by atoms with Gasteiger partial charge in [-0.2, -0.15) is 0 Å². The largest absolute Gasteiger partial charge is 0.0648 e. The summed E-state index contributed by atoms with van der Waals surface area (Å²) in [5.74, 6) is 0.601. The Labute approximate surface area is 172 Å². The third-order valence-electron chi connectivity index (χ3n) is 6.54. The molecule has 0 saturated heterocycles. The van der Waals surface area contributed by atoms with Crippen LogP contribution in [0.2, 0.25) is 0 Å². The summed E-state index contributed by atoms with van der Waals surface area (Å²) in [4.78, 5) is 0. The summed E-state index contributed by atoms with van der Waals surface area (Å²) >= 11 is 0. The van der Waals surface area contributed by atoms with E-state index in [1.54, 1.807) is 0 Å². The van der Waals surface area contributed by atoms with Crippen LogP contribution in [0.4, 0.5) is 0 Å². The topological polar surface area (TPSA) is 0 Å². The molecule has 0 aliphatic carbocycles. The lowest BCUT2D eigenvalue weighted by atomic mass is 9.88. The van der Waals surface area contributed by atoms with Gasteiger partial charge in [0.15, 0.2) is 0 Å². The van der Waals surface area contributed by atoms with Crippen molar-refractivity contribution >= 4 is 32.3 Å². The highest BCUT2D eigenvalue weighted by molar-refractivity contribution is 6.15. The molecule has 0 heteroatoms. The van der Waals surface area contributed by atoms with E-state index in [0.717, 1.165) is 0 Å². The van der Waals surface area contributed by atoms with Crippen molar-refractivity contribution in [2.45, 2.75) is 33.1 Å². The molecule has 0 radical (unpaired) electrons. The molecule has 0 aromatic heterocycles. The van der Waals surface area contributed by atoms with Gasteiger partial charge in [0.1, 0.15) is 0 Å². The SMILES string of the molecule is CCC(C)c1ccc2cc(-c3c4ccccc4c(C)c4ccccc34)ccc2c1. The summed E-state index contributed by atoms with van der Waals surface area (Å²) in [6.45, 7) is 6.80. The van der Waals surface area contributed by atoms with Crippen molar-refractivity contribution in [2.75, 3.05) is 0 Å². The first-order valence-corrected chi connectivity index (χ1v) is 10.6. The van der Waals surface area contributed by atoms with Crippen LogP contribution in [0, 0.1) is 6.92 Å². The molecular weight excluding hydrogens is 348 g/mol. The zero-order valence-electron chi connectivity index (χ0n) is 17.4. The standard InChI is InChI=1S/C29H26/c1-4-19(2)21-13-14-23-18-24(16-15-22(23)17-21)29-27-11-7-5-9-25(27)20(3)26-10-6-8-12-28(26)29/h5-19H,4H2,1-3H3. The second kappa shape index (κ2) is 7.04. The molecular formula is C29H26. The van der Waals surface area contributed by atoms with Gasteiger partial charge in [0.25, 0.3) is 0 Å². The minimum absolute atomic E-state index is 0.601. The number of hydrogen-bond donors (Lipinski definition) is 0. The van der Waals surface area contributed by atoms with Crippen LogP contribution < -0.4 is 0 Å². The van der Waals surface area contributed by atoms with Crippen LogP contribution in [0.1, 0.15) is 37.3 Å². The summed E-state index contributed by atoms with van der Waals surface area (Å²) in [7, 11) is 0. The predicted octanol–water partition coefficient (Wildman–Crippen LogP) is 8.64. The van der Waals surface area contributed by atoms with Crippen LogP contribution in [0.3, 0.4) is 0 Å². The Morgan fingerprint density at radius 2 is 1.21 bits per heavy atom. The zero-order chi connectivity index (χ0) is 20.0. The molecule has 0 fully saturated rings. The number of hydrogen-bond acceptors (Lipinski definition) is 0. The van der Waals surface area contributed by atoms with Crippen molar-refractivity contribution in [3.8, 4) is 11.1 Å². The van der Waals surface area contributed by atoms with E-state index in [2.05, 4.69) is 106 Å². The average Bonchev–Trinajstić information content (AvgIpc) is 2.78. The summed E-state index contributed by atoms with van der Waals surface area (Å²) in [5, 5.41) is 7.98. The van der Waals surface area contributed by atoms with Crippen molar-refractivity contribution < 1.29 is 0 Å². The second-order valence-corrected chi connectivity index (χ2v) is 8.22. The first-order chi connectivity index (χ1) is 14.2. The maximum Gasteiger partial charge on any atom is -0.00264 e. The summed E-state index contributed by atoms with van der Waals surface area (Å²) in [5.41, 5.74) is 5.42. The van der Waals surface area contributed by atoms with E-state index < -0.39 is 0 Å². The van der Waals surface area contributed by atoms with Gasteiger partial charge in [-0.15, -0.1) is 0 Å². The average molecular weight is 375 g/mol. The molecule has 142 valence electrons.